The number of hydrogen-bond acceptors (Lipinski definition) is 3. The van der Waals surface area contributed by atoms with Crippen LogP contribution in [0, 0.1) is 0 Å². The molecule has 0 saturated carbocycles. The summed E-state index contributed by atoms with van der Waals surface area (Å²) >= 11 is 0. The Morgan fingerprint density at radius 1 is 1.32 bits per heavy atom. The van der Waals surface area contributed by atoms with E-state index in [4.69, 9.17) is 4.74 Å². The van der Waals surface area contributed by atoms with Crippen LogP contribution in [0.5, 0.6) is 0 Å². The molecule has 0 radical (unpaired) electrons. The van der Waals surface area contributed by atoms with Gasteiger partial charge in [0.1, 0.15) is 0 Å². The van der Waals surface area contributed by atoms with Gasteiger partial charge >= 0.3 is 6.09 Å². The van der Waals surface area contributed by atoms with Crippen molar-refractivity contribution in [1.82, 2.24) is 4.90 Å². The molecule has 1 amide bonds. The summed E-state index contributed by atoms with van der Waals surface area (Å²) in [4.78, 5) is 13.6. The van der Waals surface area contributed by atoms with Crippen LogP contribution in [-0.4, -0.2) is 41.4 Å². The first-order valence-electron chi connectivity index (χ1n) is 6.50. The number of carbonyl (C=O) groups is 1. The first-order chi connectivity index (χ1) is 9.22. The topological polar surface area (TPSA) is 49.8 Å². The van der Waals surface area contributed by atoms with Gasteiger partial charge in [-0.25, -0.2) is 4.79 Å². The van der Waals surface area contributed by atoms with Gasteiger partial charge in [0.2, 0.25) is 0 Å². The van der Waals surface area contributed by atoms with Crippen LogP contribution in [0.15, 0.2) is 42.5 Å². The first kappa shape index (κ1) is 12.2. The second kappa shape index (κ2) is 4.70. The van der Waals surface area contributed by atoms with Crippen LogP contribution in [0.3, 0.4) is 0 Å². The van der Waals surface area contributed by atoms with E-state index in [-0.39, 0.29) is 24.1 Å². The molecule has 1 N–H and O–H groups in total. The minimum atomic E-state index is -0.437. The molecule has 0 unspecified atom stereocenters. The molecule has 0 aromatic heterocycles. The molecule has 3 rings (SSSR count). The lowest BCUT2D eigenvalue weighted by atomic mass is 9.82. The highest BCUT2D eigenvalue weighted by Gasteiger charge is 2.46. The normalized spacial score (nSPS) is 32.4. The molecular weight excluding hydrogens is 242 g/mol. The maximum atomic E-state index is 11.9. The SMILES string of the molecule is COC(=O)N1[C@@H]2C=C[C@H]1[C@@H](c1ccccc1)[C@@H](O)C2. The summed E-state index contributed by atoms with van der Waals surface area (Å²) in [6.45, 7) is 0. The summed E-state index contributed by atoms with van der Waals surface area (Å²) < 4.78 is 4.86. The molecule has 4 nitrogen and oxygen atoms in total. The molecule has 19 heavy (non-hydrogen) atoms. The molecule has 100 valence electrons. The Morgan fingerprint density at radius 2 is 2.05 bits per heavy atom. The van der Waals surface area contributed by atoms with Crippen molar-refractivity contribution in [2.45, 2.75) is 30.5 Å². The van der Waals surface area contributed by atoms with Gasteiger partial charge in [-0.15, -0.1) is 0 Å². The van der Waals surface area contributed by atoms with Crippen molar-refractivity contribution in [2.24, 2.45) is 0 Å². The quantitative estimate of drug-likeness (QED) is 0.784. The highest BCUT2D eigenvalue weighted by atomic mass is 16.5. The second-order valence-electron chi connectivity index (χ2n) is 5.06. The van der Waals surface area contributed by atoms with E-state index in [1.807, 2.05) is 42.5 Å². The molecular formula is C15H17NO3. The zero-order valence-electron chi connectivity index (χ0n) is 10.8. The molecule has 4 heteroatoms. The molecule has 4 atom stereocenters. The van der Waals surface area contributed by atoms with Gasteiger partial charge in [-0.1, -0.05) is 42.5 Å². The average Bonchev–Trinajstić information content (AvgIpc) is 2.75. The van der Waals surface area contributed by atoms with E-state index < -0.39 is 6.10 Å². The van der Waals surface area contributed by atoms with E-state index in [9.17, 15) is 9.90 Å². The van der Waals surface area contributed by atoms with Crippen molar-refractivity contribution in [3.63, 3.8) is 0 Å². The standard InChI is InChI=1S/C15H17NO3/c1-19-15(18)16-11-7-8-12(16)14(13(17)9-11)10-5-3-2-4-6-10/h2-8,11-14,17H,9H2,1H3/t11-,12+,13+,14-/m1/s1. The van der Waals surface area contributed by atoms with Crippen LogP contribution in [0.2, 0.25) is 0 Å². The van der Waals surface area contributed by atoms with Crippen LogP contribution in [0.25, 0.3) is 0 Å². The third kappa shape index (κ3) is 1.92. The fourth-order valence-corrected chi connectivity index (χ4v) is 3.21. The minimum Gasteiger partial charge on any atom is -0.453 e. The number of rotatable bonds is 1. The summed E-state index contributed by atoms with van der Waals surface area (Å²) in [5.74, 6) is -0.0877. The average molecular weight is 259 g/mol. The highest BCUT2D eigenvalue weighted by Crippen LogP contribution is 2.40. The Kier molecular flexibility index (Phi) is 3.03. The van der Waals surface area contributed by atoms with Crippen LogP contribution < -0.4 is 0 Å². The van der Waals surface area contributed by atoms with Gasteiger partial charge in [-0.05, 0) is 12.0 Å². The lowest BCUT2D eigenvalue weighted by Gasteiger charge is -2.42. The van der Waals surface area contributed by atoms with E-state index >= 15 is 0 Å². The van der Waals surface area contributed by atoms with Gasteiger partial charge in [0.15, 0.2) is 0 Å². The Labute approximate surface area is 112 Å². The second-order valence-corrected chi connectivity index (χ2v) is 5.06. The first-order valence-corrected chi connectivity index (χ1v) is 6.50. The molecule has 2 heterocycles. The monoisotopic (exact) mass is 259 g/mol. The summed E-state index contributed by atoms with van der Waals surface area (Å²) in [6.07, 6.45) is 3.80. The molecule has 1 saturated heterocycles. The number of fused-ring (bicyclic) bond motifs is 2. The number of amides is 1. The summed E-state index contributed by atoms with van der Waals surface area (Å²) in [6, 6.07) is 9.68. The number of piperidine rings is 1. The largest absolute Gasteiger partial charge is 0.453 e. The van der Waals surface area contributed by atoms with Gasteiger partial charge in [-0.3, -0.25) is 4.90 Å². The molecule has 0 spiro atoms. The predicted octanol–water partition coefficient (Wildman–Crippen LogP) is 1.91. The van der Waals surface area contributed by atoms with E-state index in [1.54, 1.807) is 4.90 Å². The number of ether oxygens (including phenoxy) is 1. The Balaban J connectivity index is 1.95. The molecule has 2 aliphatic rings. The Morgan fingerprint density at radius 3 is 2.74 bits per heavy atom. The summed E-state index contributed by atoms with van der Waals surface area (Å²) in [5.41, 5.74) is 1.05. The summed E-state index contributed by atoms with van der Waals surface area (Å²) in [5, 5.41) is 10.4. The maximum absolute atomic E-state index is 11.9. The van der Waals surface area contributed by atoms with Gasteiger partial charge in [0.05, 0.1) is 25.3 Å². The van der Waals surface area contributed by atoms with Gasteiger partial charge in [0, 0.05) is 5.92 Å². The molecule has 0 aliphatic carbocycles. The lowest BCUT2D eigenvalue weighted by molar-refractivity contribution is 0.0210. The number of nitrogens with zero attached hydrogens (tertiary/aromatic N) is 1. The fourth-order valence-electron chi connectivity index (χ4n) is 3.21. The number of methoxy groups -OCH3 is 1. The lowest BCUT2D eigenvalue weighted by Crippen LogP contribution is -2.52. The minimum absolute atomic E-state index is 0.0487. The van der Waals surface area contributed by atoms with Gasteiger partial charge < -0.3 is 9.84 Å². The van der Waals surface area contributed by atoms with E-state index in [0.29, 0.717) is 6.42 Å². The smallest absolute Gasteiger partial charge is 0.410 e. The zero-order chi connectivity index (χ0) is 13.4. The van der Waals surface area contributed by atoms with Crippen LogP contribution >= 0.6 is 0 Å². The number of aliphatic hydroxyl groups is 1. The van der Waals surface area contributed by atoms with Crippen LogP contribution in [-0.2, 0) is 4.74 Å². The van der Waals surface area contributed by atoms with Gasteiger partial charge in [-0.2, -0.15) is 0 Å². The van der Waals surface area contributed by atoms with Crippen LogP contribution in [0.4, 0.5) is 4.79 Å². The Hall–Kier alpha value is -1.81. The third-order valence-electron chi connectivity index (χ3n) is 4.04. The molecule has 1 fully saturated rings. The van der Waals surface area contributed by atoms with Crippen molar-refractivity contribution in [2.75, 3.05) is 7.11 Å². The Bertz CT molecular complexity index is 499. The number of carbonyl (C=O) groups excluding carboxylic acids is 1. The van der Waals surface area contributed by atoms with Crippen molar-refractivity contribution in [3.05, 3.63) is 48.0 Å². The fraction of sp³-hybridized carbons (Fsp3) is 0.400. The third-order valence-corrected chi connectivity index (χ3v) is 4.04. The van der Waals surface area contributed by atoms with E-state index in [1.165, 1.54) is 7.11 Å². The van der Waals surface area contributed by atoms with Crippen molar-refractivity contribution < 1.29 is 14.6 Å². The maximum Gasteiger partial charge on any atom is 0.410 e. The van der Waals surface area contributed by atoms with E-state index in [2.05, 4.69) is 0 Å². The van der Waals surface area contributed by atoms with Crippen molar-refractivity contribution in [3.8, 4) is 0 Å². The molecule has 2 bridgehead atoms. The van der Waals surface area contributed by atoms with Gasteiger partial charge in [0.25, 0.3) is 0 Å². The molecule has 1 aromatic carbocycles. The van der Waals surface area contributed by atoms with Crippen molar-refractivity contribution in [1.29, 1.82) is 0 Å². The molecule has 1 aromatic rings. The number of benzene rings is 1. The number of aliphatic hydroxyl groups excluding tert-OH is 1. The van der Waals surface area contributed by atoms with E-state index in [0.717, 1.165) is 5.56 Å². The molecule has 2 aliphatic heterocycles. The number of hydrogen-bond donors (Lipinski definition) is 1. The van der Waals surface area contributed by atoms with Crippen LogP contribution in [0.1, 0.15) is 17.9 Å². The highest BCUT2D eigenvalue weighted by molar-refractivity contribution is 5.70. The predicted molar refractivity (Wildman–Crippen MR) is 70.8 cm³/mol. The summed E-state index contributed by atoms with van der Waals surface area (Å²) in [7, 11) is 1.39. The van der Waals surface area contributed by atoms with Crippen molar-refractivity contribution >= 4 is 6.09 Å². The zero-order valence-corrected chi connectivity index (χ0v) is 10.8.